The lowest BCUT2D eigenvalue weighted by molar-refractivity contribution is 0.480. The van der Waals surface area contributed by atoms with Crippen molar-refractivity contribution in [1.29, 1.82) is 0 Å². The number of anilines is 1. The van der Waals surface area contributed by atoms with Gasteiger partial charge in [-0.25, -0.2) is 4.98 Å². The second kappa shape index (κ2) is 4.60. The van der Waals surface area contributed by atoms with Crippen LogP contribution >= 0.6 is 0 Å². The molecule has 2 rings (SSSR count). The van der Waals surface area contributed by atoms with Gasteiger partial charge in [0.25, 0.3) is 0 Å². The molecule has 1 saturated heterocycles. The summed E-state index contributed by atoms with van der Waals surface area (Å²) in [5, 5.41) is 0. The highest BCUT2D eigenvalue weighted by Crippen LogP contribution is 2.21. The van der Waals surface area contributed by atoms with Gasteiger partial charge < -0.3 is 4.90 Å². The summed E-state index contributed by atoms with van der Waals surface area (Å²) >= 11 is 0. The third-order valence-corrected chi connectivity index (χ3v) is 3.15. The Morgan fingerprint density at radius 2 is 2.20 bits per heavy atom. The van der Waals surface area contributed by atoms with Crippen molar-refractivity contribution in [1.82, 2.24) is 9.97 Å². The monoisotopic (exact) mass is 205 g/mol. The first-order valence-corrected chi connectivity index (χ1v) is 5.89. The van der Waals surface area contributed by atoms with Crippen LogP contribution in [0.5, 0.6) is 0 Å². The Labute approximate surface area is 91.5 Å². The molecule has 1 aliphatic heterocycles. The molecule has 1 unspecified atom stereocenters. The minimum Gasteiger partial charge on any atom is -0.353 e. The molecule has 1 fully saturated rings. The molecule has 2 heterocycles. The van der Waals surface area contributed by atoms with Crippen molar-refractivity contribution in [2.24, 2.45) is 0 Å². The summed E-state index contributed by atoms with van der Waals surface area (Å²) in [7, 11) is 0. The molecule has 1 aromatic heterocycles. The molecule has 0 aromatic carbocycles. The van der Waals surface area contributed by atoms with E-state index < -0.39 is 0 Å². The predicted molar refractivity (Wildman–Crippen MR) is 62.1 cm³/mol. The number of aryl methyl sites for hydroxylation is 1. The van der Waals surface area contributed by atoms with E-state index in [1.807, 2.05) is 12.4 Å². The van der Waals surface area contributed by atoms with Gasteiger partial charge in [-0.1, -0.05) is 6.92 Å². The van der Waals surface area contributed by atoms with E-state index in [2.05, 4.69) is 28.7 Å². The largest absolute Gasteiger partial charge is 0.353 e. The molecule has 0 N–H and O–H groups in total. The lowest BCUT2D eigenvalue weighted by Crippen LogP contribution is -2.38. The Balaban J connectivity index is 2.13. The van der Waals surface area contributed by atoms with Gasteiger partial charge in [-0.05, 0) is 32.6 Å². The molecular formula is C12H19N3. The summed E-state index contributed by atoms with van der Waals surface area (Å²) in [5.41, 5.74) is 1.07. The van der Waals surface area contributed by atoms with Crippen LogP contribution in [0.25, 0.3) is 0 Å². The lowest BCUT2D eigenvalue weighted by Gasteiger charge is -2.34. The van der Waals surface area contributed by atoms with Crippen LogP contribution in [0.4, 0.5) is 5.82 Å². The van der Waals surface area contributed by atoms with Crippen molar-refractivity contribution >= 4 is 5.82 Å². The molecule has 0 spiro atoms. The van der Waals surface area contributed by atoms with Gasteiger partial charge in [0, 0.05) is 12.6 Å². The molecule has 0 aliphatic carbocycles. The number of nitrogens with zero attached hydrogens (tertiary/aromatic N) is 3. The van der Waals surface area contributed by atoms with E-state index in [1.54, 1.807) is 0 Å². The quantitative estimate of drug-likeness (QED) is 0.742. The van der Waals surface area contributed by atoms with Crippen LogP contribution in [0.1, 0.15) is 38.8 Å². The highest BCUT2D eigenvalue weighted by Gasteiger charge is 2.19. The first-order chi connectivity index (χ1) is 7.31. The summed E-state index contributed by atoms with van der Waals surface area (Å²) in [6, 6.07) is 0.612. The van der Waals surface area contributed by atoms with Crippen molar-refractivity contribution in [2.45, 2.75) is 45.6 Å². The van der Waals surface area contributed by atoms with Gasteiger partial charge in [-0.15, -0.1) is 0 Å². The second-order valence-corrected chi connectivity index (χ2v) is 4.26. The van der Waals surface area contributed by atoms with E-state index in [0.29, 0.717) is 6.04 Å². The van der Waals surface area contributed by atoms with E-state index in [-0.39, 0.29) is 0 Å². The fourth-order valence-corrected chi connectivity index (χ4v) is 2.12. The van der Waals surface area contributed by atoms with Crippen molar-refractivity contribution < 1.29 is 0 Å². The topological polar surface area (TPSA) is 29.0 Å². The minimum absolute atomic E-state index is 0.612. The van der Waals surface area contributed by atoms with E-state index >= 15 is 0 Å². The SMILES string of the molecule is CCc1cnc(N2CCCCC2C)cn1. The number of hydrogen-bond donors (Lipinski definition) is 0. The average molecular weight is 205 g/mol. The van der Waals surface area contributed by atoms with Crippen molar-refractivity contribution in [2.75, 3.05) is 11.4 Å². The van der Waals surface area contributed by atoms with Crippen LogP contribution in [0.3, 0.4) is 0 Å². The summed E-state index contributed by atoms with van der Waals surface area (Å²) in [4.78, 5) is 11.3. The Bertz CT molecular complexity index is 307. The summed E-state index contributed by atoms with van der Waals surface area (Å²) < 4.78 is 0. The van der Waals surface area contributed by atoms with Gasteiger partial charge in [-0.2, -0.15) is 0 Å². The second-order valence-electron chi connectivity index (χ2n) is 4.26. The molecule has 0 amide bonds. The maximum atomic E-state index is 4.49. The maximum absolute atomic E-state index is 4.49. The molecule has 0 bridgehead atoms. The molecule has 3 nitrogen and oxygen atoms in total. The Morgan fingerprint density at radius 3 is 2.80 bits per heavy atom. The lowest BCUT2D eigenvalue weighted by atomic mass is 10.0. The zero-order valence-electron chi connectivity index (χ0n) is 9.61. The molecule has 0 saturated carbocycles. The van der Waals surface area contributed by atoms with Crippen LogP contribution in [0.2, 0.25) is 0 Å². The molecule has 1 aliphatic rings. The zero-order chi connectivity index (χ0) is 10.7. The fraction of sp³-hybridized carbons (Fsp3) is 0.667. The van der Waals surface area contributed by atoms with E-state index in [9.17, 15) is 0 Å². The minimum atomic E-state index is 0.612. The van der Waals surface area contributed by atoms with E-state index in [0.717, 1.165) is 24.5 Å². The van der Waals surface area contributed by atoms with Crippen LogP contribution in [0, 0.1) is 0 Å². The van der Waals surface area contributed by atoms with Crippen molar-refractivity contribution in [3.8, 4) is 0 Å². The molecule has 1 atom stereocenters. The normalized spacial score (nSPS) is 21.7. The number of piperidine rings is 1. The van der Waals surface area contributed by atoms with Crippen molar-refractivity contribution in [3.63, 3.8) is 0 Å². The molecule has 0 radical (unpaired) electrons. The summed E-state index contributed by atoms with van der Waals surface area (Å²) in [5.74, 6) is 1.04. The number of rotatable bonds is 2. The third kappa shape index (κ3) is 2.28. The van der Waals surface area contributed by atoms with E-state index in [1.165, 1.54) is 19.3 Å². The molecule has 82 valence electrons. The van der Waals surface area contributed by atoms with Gasteiger partial charge in [0.15, 0.2) is 0 Å². The van der Waals surface area contributed by atoms with Crippen LogP contribution in [-0.4, -0.2) is 22.6 Å². The highest BCUT2D eigenvalue weighted by atomic mass is 15.2. The first-order valence-electron chi connectivity index (χ1n) is 5.89. The zero-order valence-corrected chi connectivity index (χ0v) is 9.61. The molecule has 1 aromatic rings. The molecular weight excluding hydrogens is 186 g/mol. The molecule has 3 heteroatoms. The smallest absolute Gasteiger partial charge is 0.147 e. The Morgan fingerprint density at radius 1 is 1.33 bits per heavy atom. The van der Waals surface area contributed by atoms with Crippen molar-refractivity contribution in [3.05, 3.63) is 18.1 Å². The third-order valence-electron chi connectivity index (χ3n) is 3.15. The Hall–Kier alpha value is -1.12. The van der Waals surface area contributed by atoms with Gasteiger partial charge in [0.05, 0.1) is 18.1 Å². The van der Waals surface area contributed by atoms with Gasteiger partial charge in [0.2, 0.25) is 0 Å². The first kappa shape index (κ1) is 10.4. The highest BCUT2D eigenvalue weighted by molar-refractivity contribution is 5.37. The summed E-state index contributed by atoms with van der Waals surface area (Å²) in [6.45, 7) is 5.50. The van der Waals surface area contributed by atoms with Crippen LogP contribution < -0.4 is 4.90 Å². The standard InChI is InChI=1S/C12H19N3/c1-3-11-8-14-12(9-13-11)15-7-5-4-6-10(15)2/h8-10H,3-7H2,1-2H3. The van der Waals surface area contributed by atoms with Crippen LogP contribution in [-0.2, 0) is 6.42 Å². The predicted octanol–water partition coefficient (Wildman–Crippen LogP) is 2.42. The van der Waals surface area contributed by atoms with Gasteiger partial charge in [-0.3, -0.25) is 4.98 Å². The number of aromatic nitrogens is 2. The number of hydrogen-bond acceptors (Lipinski definition) is 3. The molecule has 15 heavy (non-hydrogen) atoms. The summed E-state index contributed by atoms with van der Waals surface area (Å²) in [6.07, 6.45) is 8.68. The fourth-order valence-electron chi connectivity index (χ4n) is 2.12. The average Bonchev–Trinajstić information content (AvgIpc) is 2.30. The Kier molecular flexibility index (Phi) is 3.19. The van der Waals surface area contributed by atoms with E-state index in [4.69, 9.17) is 0 Å². The van der Waals surface area contributed by atoms with Gasteiger partial charge >= 0.3 is 0 Å². The maximum Gasteiger partial charge on any atom is 0.147 e. The van der Waals surface area contributed by atoms with Crippen LogP contribution in [0.15, 0.2) is 12.4 Å². The van der Waals surface area contributed by atoms with Gasteiger partial charge in [0.1, 0.15) is 5.82 Å².